The number of aromatic nitrogens is 5. The average molecular weight is 578 g/mol. The van der Waals surface area contributed by atoms with Gasteiger partial charge in [-0.3, -0.25) is 9.48 Å². The van der Waals surface area contributed by atoms with Gasteiger partial charge < -0.3 is 24.5 Å². The van der Waals surface area contributed by atoms with E-state index in [0.29, 0.717) is 29.7 Å². The van der Waals surface area contributed by atoms with E-state index in [0.717, 1.165) is 60.5 Å². The summed E-state index contributed by atoms with van der Waals surface area (Å²) in [5.74, 6) is 2.62. The van der Waals surface area contributed by atoms with Crippen LogP contribution >= 0.6 is 0 Å². The van der Waals surface area contributed by atoms with Gasteiger partial charge in [0.1, 0.15) is 11.3 Å². The minimum atomic E-state index is 0.0150. The lowest BCUT2D eigenvalue weighted by molar-refractivity contribution is 0.0700. The van der Waals surface area contributed by atoms with E-state index in [1.807, 2.05) is 41.2 Å². The second-order valence-electron chi connectivity index (χ2n) is 12.9. The van der Waals surface area contributed by atoms with Crippen LogP contribution < -0.4 is 10.5 Å². The first-order valence-electron chi connectivity index (χ1n) is 15.7. The summed E-state index contributed by atoms with van der Waals surface area (Å²) in [7, 11) is 3.61. The monoisotopic (exact) mass is 577 g/mol. The summed E-state index contributed by atoms with van der Waals surface area (Å²) >= 11 is 0. The molecule has 1 aliphatic heterocycles. The highest BCUT2D eigenvalue weighted by atomic mass is 16.5. The van der Waals surface area contributed by atoms with E-state index < -0.39 is 0 Å². The summed E-state index contributed by atoms with van der Waals surface area (Å²) in [5.41, 5.74) is 13.5. The number of hydrogen-bond donors (Lipinski definition) is 1. The molecule has 2 saturated carbocycles. The third-order valence-corrected chi connectivity index (χ3v) is 10.0. The van der Waals surface area contributed by atoms with Crippen molar-refractivity contribution in [3.05, 3.63) is 65.5 Å². The number of imidazole rings is 1. The fraction of sp³-hybridized carbons (Fsp3) is 0.441. The van der Waals surface area contributed by atoms with Gasteiger partial charge in [0.15, 0.2) is 5.82 Å². The number of methoxy groups -OCH3 is 1. The number of nitrogens with two attached hydrogens (primary N) is 1. The number of benzene rings is 2. The zero-order valence-electron chi connectivity index (χ0n) is 25.2. The molecule has 2 N–H and O–H groups in total. The van der Waals surface area contributed by atoms with Crippen LogP contribution in [0.4, 0.5) is 0 Å². The van der Waals surface area contributed by atoms with Gasteiger partial charge in [-0.25, -0.2) is 4.98 Å². The highest BCUT2D eigenvalue weighted by Gasteiger charge is 2.47. The van der Waals surface area contributed by atoms with Crippen LogP contribution in [0.5, 0.6) is 5.75 Å². The Bertz CT molecular complexity index is 1880. The van der Waals surface area contributed by atoms with Gasteiger partial charge in [-0.1, -0.05) is 19.1 Å². The van der Waals surface area contributed by atoms with Gasteiger partial charge in [-0.15, -0.1) is 0 Å². The molecule has 2 aromatic carbocycles. The molecule has 9 nitrogen and oxygen atoms in total. The zero-order chi connectivity index (χ0) is 29.4. The molecule has 2 aliphatic carbocycles. The van der Waals surface area contributed by atoms with E-state index in [2.05, 4.69) is 45.4 Å². The number of hydrogen-bond acceptors (Lipinski definition) is 5. The van der Waals surface area contributed by atoms with Crippen molar-refractivity contribution < 1.29 is 9.53 Å². The number of ether oxygens (including phenoxy) is 1. The predicted octanol–water partition coefficient (Wildman–Crippen LogP) is 4.98. The Balaban J connectivity index is 1.31. The first kappa shape index (κ1) is 26.5. The Morgan fingerprint density at radius 3 is 2.60 bits per heavy atom. The van der Waals surface area contributed by atoms with E-state index in [-0.39, 0.29) is 18.0 Å². The number of amides is 1. The van der Waals surface area contributed by atoms with Crippen LogP contribution in [-0.4, -0.2) is 60.4 Å². The summed E-state index contributed by atoms with van der Waals surface area (Å²) in [6, 6.07) is 13.1. The Hall–Kier alpha value is -4.11. The molecule has 3 atom stereocenters. The highest BCUT2D eigenvalue weighted by Crippen LogP contribution is 2.41. The second kappa shape index (κ2) is 9.98. The molecule has 0 spiro atoms. The number of fused-ring (bicyclic) bond motifs is 4. The van der Waals surface area contributed by atoms with E-state index in [9.17, 15) is 4.79 Å². The molecule has 222 valence electrons. The molecule has 9 heteroatoms. The van der Waals surface area contributed by atoms with Crippen molar-refractivity contribution in [1.29, 1.82) is 0 Å². The SMILES string of the molecule is CCc1ccc2cc(-c3nc4cc(C(=O)N5CC6CCC5[C@@H]6N)cc(OC)c4n3Cc3cnn(C)c3)n(CC3CC3)c2c1. The Labute approximate surface area is 251 Å². The smallest absolute Gasteiger partial charge is 0.254 e. The molecule has 43 heavy (non-hydrogen) atoms. The molecule has 1 amide bonds. The van der Waals surface area contributed by atoms with Crippen LogP contribution in [0, 0.1) is 11.8 Å². The molecule has 4 heterocycles. The zero-order valence-corrected chi connectivity index (χ0v) is 25.2. The lowest BCUT2D eigenvalue weighted by Gasteiger charge is -2.27. The molecule has 2 bridgehead atoms. The van der Waals surface area contributed by atoms with Gasteiger partial charge in [0, 0.05) is 60.4 Å². The number of piperidine rings is 1. The summed E-state index contributed by atoms with van der Waals surface area (Å²) in [4.78, 5) is 21.1. The first-order chi connectivity index (χ1) is 20.9. The van der Waals surface area contributed by atoms with E-state index in [4.69, 9.17) is 15.5 Å². The molecule has 3 aromatic heterocycles. The molecule has 2 unspecified atom stereocenters. The average Bonchev–Trinajstić information content (AvgIpc) is 3.27. The van der Waals surface area contributed by atoms with Gasteiger partial charge in [-0.05, 0) is 73.8 Å². The lowest BCUT2D eigenvalue weighted by Crippen LogP contribution is -2.41. The second-order valence-corrected chi connectivity index (χ2v) is 12.9. The topological polar surface area (TPSA) is 96.1 Å². The maximum absolute atomic E-state index is 13.9. The fourth-order valence-electron chi connectivity index (χ4n) is 7.50. The third-order valence-electron chi connectivity index (χ3n) is 10.0. The number of carbonyl (C=O) groups is 1. The molecule has 5 aromatic rings. The van der Waals surface area contributed by atoms with Crippen LogP contribution in [0.2, 0.25) is 0 Å². The van der Waals surface area contributed by atoms with Crippen molar-refractivity contribution in [3.8, 4) is 17.3 Å². The highest BCUT2D eigenvalue weighted by molar-refractivity contribution is 6.00. The normalized spacial score (nSPS) is 21.5. The lowest BCUT2D eigenvalue weighted by atomic mass is 10.1. The van der Waals surface area contributed by atoms with Crippen LogP contribution in [0.25, 0.3) is 33.5 Å². The van der Waals surface area contributed by atoms with Crippen LogP contribution in [0.1, 0.15) is 54.1 Å². The fourth-order valence-corrected chi connectivity index (χ4v) is 7.50. The van der Waals surface area contributed by atoms with E-state index in [1.165, 1.54) is 29.3 Å². The van der Waals surface area contributed by atoms with Crippen LogP contribution in [0.3, 0.4) is 0 Å². The first-order valence-corrected chi connectivity index (χ1v) is 15.7. The van der Waals surface area contributed by atoms with Gasteiger partial charge in [-0.2, -0.15) is 5.10 Å². The van der Waals surface area contributed by atoms with Crippen molar-refractivity contribution in [2.24, 2.45) is 24.6 Å². The predicted molar refractivity (Wildman–Crippen MR) is 167 cm³/mol. The van der Waals surface area contributed by atoms with Crippen LogP contribution in [0.15, 0.2) is 48.8 Å². The molecule has 0 radical (unpaired) electrons. The Morgan fingerprint density at radius 2 is 1.93 bits per heavy atom. The summed E-state index contributed by atoms with van der Waals surface area (Å²) in [6.45, 7) is 4.49. The quantitative estimate of drug-likeness (QED) is 0.281. The maximum Gasteiger partial charge on any atom is 0.254 e. The van der Waals surface area contributed by atoms with E-state index in [1.54, 1.807) is 7.11 Å². The molecule has 8 rings (SSSR count). The van der Waals surface area contributed by atoms with Gasteiger partial charge in [0.2, 0.25) is 0 Å². The standard InChI is InChI=1S/C34H39N7O2/c1-4-20-7-8-23-13-29(39(28(23)11-20)17-21-5-6-21)33-37-26-12-25(34(42)40-19-24-9-10-27(40)31(24)35)14-30(43-3)32(26)41(33)18-22-15-36-38(2)16-22/h7-8,11-16,21,24,27,31H,4-6,9-10,17-19,35H2,1-3H3/t24?,27?,31-/m1/s1. The number of carbonyl (C=O) groups excluding carboxylic acids is 1. The van der Waals surface area contributed by atoms with Gasteiger partial charge in [0.05, 0.1) is 31.1 Å². The van der Waals surface area contributed by atoms with E-state index >= 15 is 0 Å². The molecule has 3 fully saturated rings. The van der Waals surface area contributed by atoms with Crippen molar-refractivity contribution in [3.63, 3.8) is 0 Å². The minimum absolute atomic E-state index is 0.0150. The third kappa shape index (κ3) is 4.35. The van der Waals surface area contributed by atoms with Crippen LogP contribution in [-0.2, 0) is 26.6 Å². The Kier molecular flexibility index (Phi) is 6.15. The summed E-state index contributed by atoms with van der Waals surface area (Å²) < 4.78 is 12.5. The number of aryl methyl sites for hydroxylation is 2. The molecular weight excluding hydrogens is 538 g/mol. The summed E-state index contributed by atoms with van der Waals surface area (Å²) in [6.07, 6.45) is 9.55. The van der Waals surface area contributed by atoms with Gasteiger partial charge >= 0.3 is 0 Å². The Morgan fingerprint density at radius 1 is 1.07 bits per heavy atom. The molecule has 1 saturated heterocycles. The number of rotatable bonds is 8. The van der Waals surface area contributed by atoms with Crippen molar-refractivity contribution in [1.82, 2.24) is 28.8 Å². The van der Waals surface area contributed by atoms with Crippen molar-refractivity contribution >= 4 is 27.8 Å². The minimum Gasteiger partial charge on any atom is -0.494 e. The maximum atomic E-state index is 13.9. The van der Waals surface area contributed by atoms with Crippen molar-refractivity contribution in [2.75, 3.05) is 13.7 Å². The number of likely N-dealkylation sites (tertiary alicyclic amines) is 1. The largest absolute Gasteiger partial charge is 0.494 e. The molecular formula is C34H39N7O2. The van der Waals surface area contributed by atoms with Crippen molar-refractivity contribution in [2.45, 2.75) is 64.2 Å². The number of nitrogens with zero attached hydrogens (tertiary/aromatic N) is 6. The molecule has 3 aliphatic rings. The summed E-state index contributed by atoms with van der Waals surface area (Å²) in [5, 5.41) is 5.65. The van der Waals surface area contributed by atoms with Gasteiger partial charge in [0.25, 0.3) is 5.91 Å².